The number of hydrogen-bond acceptors (Lipinski definition) is 3. The summed E-state index contributed by atoms with van der Waals surface area (Å²) in [4.78, 5) is 8.57. The summed E-state index contributed by atoms with van der Waals surface area (Å²) in [6.07, 6.45) is 3.57. The predicted octanol–water partition coefficient (Wildman–Crippen LogP) is 1.25. The van der Waals surface area contributed by atoms with Gasteiger partial charge in [0.05, 0.1) is 0 Å². The molecule has 3 nitrogen and oxygen atoms in total. The van der Waals surface area contributed by atoms with Gasteiger partial charge in [-0.25, -0.2) is 0 Å². The molecule has 0 aliphatic carbocycles. The van der Waals surface area contributed by atoms with E-state index in [4.69, 9.17) is 0 Å². The molecule has 0 bridgehead atoms. The van der Waals surface area contributed by atoms with Crippen LogP contribution in [0.15, 0.2) is 24.5 Å². The molecular weight excluding hydrogens is 186 g/mol. The highest BCUT2D eigenvalue weighted by Crippen LogP contribution is 1.93. The van der Waals surface area contributed by atoms with E-state index in [9.17, 15) is 0 Å². The van der Waals surface area contributed by atoms with Crippen LogP contribution in [0.25, 0.3) is 0 Å². The molecule has 0 atom stereocenters. The van der Waals surface area contributed by atoms with E-state index >= 15 is 0 Å². The van der Waals surface area contributed by atoms with E-state index in [-0.39, 0.29) is 0 Å². The number of likely N-dealkylation sites (N-methyl/N-ethyl adjacent to an activating group) is 2. The molecule has 84 valence electrons. The van der Waals surface area contributed by atoms with E-state index in [1.165, 1.54) is 31.7 Å². The minimum Gasteiger partial charge on any atom is -0.304 e. The molecule has 0 aromatic carbocycles. The molecule has 1 aromatic rings. The summed E-state index contributed by atoms with van der Waals surface area (Å²) in [5.74, 6) is 0. The first-order chi connectivity index (χ1) is 7.18. The lowest BCUT2D eigenvalue weighted by Gasteiger charge is -2.28. The minimum atomic E-state index is 1.23. The Morgan fingerprint density at radius 3 is 1.60 bits per heavy atom. The zero-order chi connectivity index (χ0) is 11.1. The largest absolute Gasteiger partial charge is 0.304 e. The summed E-state index contributed by atoms with van der Waals surface area (Å²) < 4.78 is 0. The summed E-state index contributed by atoms with van der Waals surface area (Å²) in [5.41, 5.74) is 1.26. The van der Waals surface area contributed by atoms with Gasteiger partial charge in [-0.3, -0.25) is 4.98 Å². The molecule has 1 aliphatic rings. The summed E-state index contributed by atoms with van der Waals surface area (Å²) in [6, 6.07) is 3.94. The third-order valence-corrected chi connectivity index (χ3v) is 2.57. The van der Waals surface area contributed by atoms with Crippen molar-refractivity contribution < 1.29 is 0 Å². The van der Waals surface area contributed by atoms with Gasteiger partial charge in [-0.1, -0.05) is 0 Å². The van der Waals surface area contributed by atoms with Crippen LogP contribution in [-0.4, -0.2) is 55.1 Å². The maximum Gasteiger partial charge on any atom is 0.0270 e. The van der Waals surface area contributed by atoms with Gasteiger partial charge in [0, 0.05) is 38.6 Å². The third kappa shape index (κ3) is 5.50. The lowest BCUT2D eigenvalue weighted by atomic mass is 10.3. The first-order valence-electron chi connectivity index (χ1n) is 5.42. The van der Waals surface area contributed by atoms with Crippen molar-refractivity contribution >= 4 is 0 Å². The number of nitrogens with zero attached hydrogens (tertiary/aromatic N) is 3. The smallest absolute Gasteiger partial charge is 0.0270 e. The zero-order valence-electron chi connectivity index (χ0n) is 9.98. The summed E-state index contributed by atoms with van der Waals surface area (Å²) in [5, 5.41) is 0. The molecule has 3 heteroatoms. The first-order valence-corrected chi connectivity index (χ1v) is 5.42. The Hall–Kier alpha value is -0.930. The average molecular weight is 207 g/mol. The van der Waals surface area contributed by atoms with Crippen LogP contribution in [0.1, 0.15) is 5.56 Å². The normalized spacial score (nSPS) is 18.1. The van der Waals surface area contributed by atoms with Crippen molar-refractivity contribution in [2.24, 2.45) is 0 Å². The molecule has 1 aromatic heterocycles. The standard InChI is InChI=1S/C6H14N2.C6H7N/c1-7-3-5-8(2)6-4-7;1-6-2-4-7-5-3-6/h3-6H2,1-2H3;2-5H,1H3. The number of hydrogen-bond donors (Lipinski definition) is 0. The number of aromatic nitrogens is 1. The Kier molecular flexibility index (Phi) is 5.29. The third-order valence-electron chi connectivity index (χ3n) is 2.57. The van der Waals surface area contributed by atoms with Gasteiger partial charge in [-0.05, 0) is 38.7 Å². The fourth-order valence-electron chi connectivity index (χ4n) is 1.33. The van der Waals surface area contributed by atoms with Crippen molar-refractivity contribution in [1.82, 2.24) is 14.8 Å². The second-order valence-electron chi connectivity index (χ2n) is 4.13. The maximum absolute atomic E-state index is 3.85. The minimum absolute atomic E-state index is 1.23. The second-order valence-corrected chi connectivity index (χ2v) is 4.13. The SMILES string of the molecule is CN1CCN(C)CC1.Cc1ccncc1. The Bertz CT molecular complexity index is 243. The van der Waals surface area contributed by atoms with Crippen LogP contribution >= 0.6 is 0 Å². The monoisotopic (exact) mass is 207 g/mol. The van der Waals surface area contributed by atoms with E-state index in [2.05, 4.69) is 28.9 Å². The van der Waals surface area contributed by atoms with Gasteiger partial charge in [-0.15, -0.1) is 0 Å². The van der Waals surface area contributed by atoms with Gasteiger partial charge in [0.2, 0.25) is 0 Å². The highest BCUT2D eigenvalue weighted by molar-refractivity contribution is 5.05. The molecule has 0 spiro atoms. The first kappa shape index (κ1) is 12.1. The zero-order valence-corrected chi connectivity index (χ0v) is 9.98. The van der Waals surface area contributed by atoms with Gasteiger partial charge >= 0.3 is 0 Å². The average Bonchev–Trinajstić information content (AvgIpc) is 2.25. The van der Waals surface area contributed by atoms with Crippen molar-refractivity contribution in [1.29, 1.82) is 0 Å². The summed E-state index contributed by atoms with van der Waals surface area (Å²) >= 11 is 0. The molecule has 1 aliphatic heterocycles. The Morgan fingerprint density at radius 2 is 1.33 bits per heavy atom. The van der Waals surface area contributed by atoms with Crippen molar-refractivity contribution in [3.05, 3.63) is 30.1 Å². The predicted molar refractivity (Wildman–Crippen MR) is 64.0 cm³/mol. The number of rotatable bonds is 0. The molecule has 0 radical (unpaired) electrons. The number of pyridine rings is 1. The molecule has 0 N–H and O–H groups in total. The van der Waals surface area contributed by atoms with Crippen LogP contribution in [0.3, 0.4) is 0 Å². The number of aryl methyl sites for hydroxylation is 1. The van der Waals surface area contributed by atoms with E-state index in [0.717, 1.165) is 0 Å². The van der Waals surface area contributed by atoms with E-state index in [1.54, 1.807) is 12.4 Å². The topological polar surface area (TPSA) is 19.4 Å². The van der Waals surface area contributed by atoms with E-state index in [0.29, 0.717) is 0 Å². The van der Waals surface area contributed by atoms with Gasteiger partial charge < -0.3 is 9.80 Å². The fourth-order valence-corrected chi connectivity index (χ4v) is 1.33. The van der Waals surface area contributed by atoms with Crippen molar-refractivity contribution in [2.45, 2.75) is 6.92 Å². The van der Waals surface area contributed by atoms with Gasteiger partial charge in [0.1, 0.15) is 0 Å². The molecule has 1 saturated heterocycles. The summed E-state index contributed by atoms with van der Waals surface area (Å²) in [6.45, 7) is 6.97. The Labute approximate surface area is 92.7 Å². The lowest BCUT2D eigenvalue weighted by molar-refractivity contribution is 0.181. The van der Waals surface area contributed by atoms with Crippen molar-refractivity contribution in [3.8, 4) is 0 Å². The molecule has 2 heterocycles. The van der Waals surface area contributed by atoms with Crippen LogP contribution in [0.5, 0.6) is 0 Å². The van der Waals surface area contributed by atoms with Gasteiger partial charge in [-0.2, -0.15) is 0 Å². The molecular formula is C12H21N3. The maximum atomic E-state index is 3.85. The molecule has 0 saturated carbocycles. The van der Waals surface area contributed by atoms with Crippen LogP contribution < -0.4 is 0 Å². The quantitative estimate of drug-likeness (QED) is 0.638. The second kappa shape index (κ2) is 6.53. The van der Waals surface area contributed by atoms with Crippen LogP contribution in [0, 0.1) is 6.92 Å². The molecule has 15 heavy (non-hydrogen) atoms. The Balaban J connectivity index is 0.000000151. The molecule has 0 unspecified atom stereocenters. The highest BCUT2D eigenvalue weighted by atomic mass is 15.2. The van der Waals surface area contributed by atoms with Crippen LogP contribution in [-0.2, 0) is 0 Å². The molecule has 0 amide bonds. The van der Waals surface area contributed by atoms with Gasteiger partial charge in [0.25, 0.3) is 0 Å². The van der Waals surface area contributed by atoms with Gasteiger partial charge in [0.15, 0.2) is 0 Å². The fraction of sp³-hybridized carbons (Fsp3) is 0.583. The lowest BCUT2D eigenvalue weighted by Crippen LogP contribution is -2.42. The van der Waals surface area contributed by atoms with Crippen molar-refractivity contribution in [2.75, 3.05) is 40.3 Å². The molecule has 1 fully saturated rings. The number of piperazine rings is 1. The van der Waals surface area contributed by atoms with Crippen LogP contribution in [0.2, 0.25) is 0 Å². The van der Waals surface area contributed by atoms with Crippen molar-refractivity contribution in [3.63, 3.8) is 0 Å². The Morgan fingerprint density at radius 1 is 0.933 bits per heavy atom. The van der Waals surface area contributed by atoms with E-state index in [1.807, 2.05) is 19.1 Å². The summed E-state index contributed by atoms with van der Waals surface area (Å²) in [7, 11) is 4.35. The highest BCUT2D eigenvalue weighted by Gasteiger charge is 2.07. The van der Waals surface area contributed by atoms with Crippen LogP contribution in [0.4, 0.5) is 0 Å². The molecule has 2 rings (SSSR count). The van der Waals surface area contributed by atoms with E-state index < -0.39 is 0 Å².